The Hall–Kier alpha value is -4.05. The van der Waals surface area contributed by atoms with E-state index in [-0.39, 0.29) is 36.6 Å². The molecule has 0 fully saturated rings. The summed E-state index contributed by atoms with van der Waals surface area (Å²) in [5.41, 5.74) is 2.16. The number of nitrogens with one attached hydrogen (secondary N) is 4. The van der Waals surface area contributed by atoms with Gasteiger partial charge in [-0.25, -0.2) is 0 Å². The van der Waals surface area contributed by atoms with Gasteiger partial charge < -0.3 is 26.2 Å². The molecule has 352 valence electrons. The zero-order valence-corrected chi connectivity index (χ0v) is 41.0. The van der Waals surface area contributed by atoms with E-state index in [2.05, 4.69) is 90.3 Å². The standard InChI is InChI=1S/C37H71N5O5.C8H10.C7H8/c1-10-21-42(22-11-2)23-19-17-15-13-14-16-18-20-32(43)38-26-33(44)41-31(25-29(6)7)36(47)39-27-34(45)40-30(24-28(4)5)35(46)37(8,9)12-3;1-2-8-6-4-3-5-7-8;1-7-5-3-2-4-6-7/h28-31H,10-27H2,1-9H3,(H,38,43)(H,39,47)(H,40,45)(H,41,44);3-7H,2H2,1H3;2-6H,1H3. The van der Waals surface area contributed by atoms with E-state index in [0.717, 1.165) is 25.7 Å². The first-order chi connectivity index (χ1) is 29.5. The van der Waals surface area contributed by atoms with Crippen molar-refractivity contribution in [2.45, 2.75) is 178 Å². The zero-order chi connectivity index (χ0) is 46.8. The van der Waals surface area contributed by atoms with Gasteiger partial charge in [0.05, 0.1) is 19.1 Å². The van der Waals surface area contributed by atoms with Crippen molar-refractivity contribution in [1.29, 1.82) is 0 Å². The molecule has 2 atom stereocenters. The number of rotatable bonds is 29. The number of nitrogens with zero attached hydrogens (tertiary/aromatic N) is 1. The molecule has 0 aliphatic rings. The molecule has 0 saturated heterocycles. The lowest BCUT2D eigenvalue weighted by Gasteiger charge is -2.29. The molecule has 0 radical (unpaired) electrons. The molecule has 2 aromatic carbocycles. The number of hydrogen-bond donors (Lipinski definition) is 4. The van der Waals surface area contributed by atoms with Crippen LogP contribution in [0.15, 0.2) is 60.7 Å². The minimum Gasteiger partial charge on any atom is -0.347 e. The van der Waals surface area contributed by atoms with Crippen molar-refractivity contribution >= 4 is 29.4 Å². The number of carbonyl (C=O) groups excluding carboxylic acids is 5. The first-order valence-corrected chi connectivity index (χ1v) is 23.9. The maximum Gasteiger partial charge on any atom is 0.243 e. The van der Waals surface area contributed by atoms with E-state index in [1.54, 1.807) is 0 Å². The largest absolute Gasteiger partial charge is 0.347 e. The average molecular weight is 864 g/mol. The van der Waals surface area contributed by atoms with E-state index in [0.29, 0.717) is 25.7 Å². The van der Waals surface area contributed by atoms with E-state index in [1.807, 2.05) is 72.7 Å². The molecule has 10 heteroatoms. The Morgan fingerprint density at radius 2 is 1.05 bits per heavy atom. The number of unbranched alkanes of at least 4 members (excludes halogenated alkanes) is 6. The molecule has 0 aromatic heterocycles. The van der Waals surface area contributed by atoms with Crippen LogP contribution < -0.4 is 21.3 Å². The monoisotopic (exact) mass is 864 g/mol. The van der Waals surface area contributed by atoms with E-state index < -0.39 is 35.2 Å². The highest BCUT2D eigenvalue weighted by molar-refractivity contribution is 5.95. The minimum absolute atomic E-state index is 0.0251. The van der Waals surface area contributed by atoms with Gasteiger partial charge in [-0.05, 0) is 95.3 Å². The number of benzene rings is 2. The molecule has 10 nitrogen and oxygen atoms in total. The molecule has 0 aliphatic heterocycles. The lowest BCUT2D eigenvalue weighted by Crippen LogP contribution is -2.53. The van der Waals surface area contributed by atoms with Gasteiger partial charge in [0.15, 0.2) is 5.78 Å². The number of ketones is 1. The molecular weight excluding hydrogens is 775 g/mol. The zero-order valence-electron chi connectivity index (χ0n) is 41.0. The van der Waals surface area contributed by atoms with Crippen LogP contribution >= 0.6 is 0 Å². The molecular formula is C52H89N5O5. The normalized spacial score (nSPS) is 12.0. The van der Waals surface area contributed by atoms with Crippen LogP contribution in [0.25, 0.3) is 0 Å². The second-order valence-corrected chi connectivity index (χ2v) is 18.2. The highest BCUT2D eigenvalue weighted by Gasteiger charge is 2.33. The number of hydrogen-bond acceptors (Lipinski definition) is 6. The number of aryl methyl sites for hydroxylation is 2. The average Bonchev–Trinajstić information content (AvgIpc) is 3.24. The molecule has 0 saturated carbocycles. The highest BCUT2D eigenvalue weighted by Crippen LogP contribution is 2.25. The summed E-state index contributed by atoms with van der Waals surface area (Å²) in [4.78, 5) is 66.3. The predicted octanol–water partition coefficient (Wildman–Crippen LogP) is 9.77. The Kier molecular flexibility index (Phi) is 33.1. The summed E-state index contributed by atoms with van der Waals surface area (Å²) in [6.45, 7) is 25.3. The third-order valence-electron chi connectivity index (χ3n) is 10.8. The third-order valence-corrected chi connectivity index (χ3v) is 10.8. The quantitative estimate of drug-likeness (QED) is 0.0602. The maximum atomic E-state index is 13.1. The molecule has 0 heterocycles. The number of amides is 4. The van der Waals surface area contributed by atoms with Crippen molar-refractivity contribution in [2.75, 3.05) is 32.7 Å². The molecule has 2 aromatic rings. The van der Waals surface area contributed by atoms with Gasteiger partial charge in [0.2, 0.25) is 23.6 Å². The molecule has 2 rings (SSSR count). The Morgan fingerprint density at radius 1 is 0.581 bits per heavy atom. The molecule has 4 N–H and O–H groups in total. The van der Waals surface area contributed by atoms with Gasteiger partial charge in [-0.15, -0.1) is 0 Å². The Bertz CT molecular complexity index is 1470. The Labute approximate surface area is 378 Å². The summed E-state index contributed by atoms with van der Waals surface area (Å²) < 4.78 is 0. The fourth-order valence-electron chi connectivity index (χ4n) is 6.82. The summed E-state index contributed by atoms with van der Waals surface area (Å²) in [6.07, 6.45) is 13.3. The van der Waals surface area contributed by atoms with Crippen LogP contribution in [0.3, 0.4) is 0 Å². The fourth-order valence-corrected chi connectivity index (χ4v) is 6.82. The molecule has 0 aliphatic carbocycles. The van der Waals surface area contributed by atoms with Crippen molar-refractivity contribution in [3.63, 3.8) is 0 Å². The van der Waals surface area contributed by atoms with Gasteiger partial charge in [-0.2, -0.15) is 0 Å². The summed E-state index contributed by atoms with van der Waals surface area (Å²) >= 11 is 0. The molecule has 0 bridgehead atoms. The van der Waals surface area contributed by atoms with Gasteiger partial charge in [0.1, 0.15) is 6.04 Å². The van der Waals surface area contributed by atoms with E-state index >= 15 is 0 Å². The molecule has 4 amide bonds. The van der Waals surface area contributed by atoms with Crippen LogP contribution in [0.4, 0.5) is 0 Å². The van der Waals surface area contributed by atoms with Crippen LogP contribution in [-0.4, -0.2) is 79.1 Å². The summed E-state index contributed by atoms with van der Waals surface area (Å²) in [5, 5.41) is 10.8. The van der Waals surface area contributed by atoms with E-state index in [1.165, 1.54) is 69.3 Å². The second-order valence-electron chi connectivity index (χ2n) is 18.2. The Balaban J connectivity index is 0.00000204. The molecule has 0 spiro atoms. The third kappa shape index (κ3) is 30.1. The van der Waals surface area contributed by atoms with Crippen molar-refractivity contribution in [3.05, 3.63) is 71.8 Å². The van der Waals surface area contributed by atoms with Crippen LogP contribution in [0, 0.1) is 24.2 Å². The van der Waals surface area contributed by atoms with Crippen LogP contribution in [0.1, 0.15) is 164 Å². The van der Waals surface area contributed by atoms with Gasteiger partial charge in [-0.1, -0.05) is 168 Å². The predicted molar refractivity (Wildman–Crippen MR) is 259 cm³/mol. The number of carbonyl (C=O) groups is 5. The summed E-state index contributed by atoms with van der Waals surface area (Å²) in [6, 6.07) is 19.2. The van der Waals surface area contributed by atoms with Gasteiger partial charge in [0, 0.05) is 11.8 Å². The number of Topliss-reactive ketones (excluding diaryl/α,β-unsaturated/α-hetero) is 1. The Morgan fingerprint density at radius 3 is 1.50 bits per heavy atom. The summed E-state index contributed by atoms with van der Waals surface area (Å²) in [5.74, 6) is -1.27. The first-order valence-electron chi connectivity index (χ1n) is 23.9. The van der Waals surface area contributed by atoms with E-state index in [4.69, 9.17) is 0 Å². The van der Waals surface area contributed by atoms with Crippen molar-refractivity contribution in [2.24, 2.45) is 17.3 Å². The van der Waals surface area contributed by atoms with Crippen LogP contribution in [0.5, 0.6) is 0 Å². The first kappa shape index (κ1) is 58.0. The SMILES string of the molecule is CCCN(CCC)CCCCCCCCCC(=O)NCC(=O)NC(CC(C)C)C(=O)NCC(=O)NC(CC(C)C)C(=O)C(C)(C)CC.CCc1ccccc1.Cc1ccccc1. The van der Waals surface area contributed by atoms with Crippen LogP contribution in [-0.2, 0) is 30.4 Å². The lowest BCUT2D eigenvalue weighted by atomic mass is 9.80. The van der Waals surface area contributed by atoms with Crippen molar-refractivity contribution < 1.29 is 24.0 Å². The van der Waals surface area contributed by atoms with E-state index in [9.17, 15) is 24.0 Å². The maximum absolute atomic E-state index is 13.1. The lowest BCUT2D eigenvalue weighted by molar-refractivity contribution is -0.134. The van der Waals surface area contributed by atoms with Crippen LogP contribution in [0.2, 0.25) is 0 Å². The van der Waals surface area contributed by atoms with Gasteiger partial charge in [-0.3, -0.25) is 24.0 Å². The topological polar surface area (TPSA) is 137 Å². The second kappa shape index (κ2) is 35.4. The minimum atomic E-state index is -0.847. The molecule has 2 unspecified atom stereocenters. The van der Waals surface area contributed by atoms with Gasteiger partial charge in [0.25, 0.3) is 0 Å². The highest BCUT2D eigenvalue weighted by atomic mass is 16.2. The molecule has 62 heavy (non-hydrogen) atoms. The fraction of sp³-hybridized carbons (Fsp3) is 0.673. The van der Waals surface area contributed by atoms with Gasteiger partial charge >= 0.3 is 0 Å². The van der Waals surface area contributed by atoms with Crippen molar-refractivity contribution in [1.82, 2.24) is 26.2 Å². The van der Waals surface area contributed by atoms with Crippen molar-refractivity contribution in [3.8, 4) is 0 Å². The smallest absolute Gasteiger partial charge is 0.243 e. The summed E-state index contributed by atoms with van der Waals surface area (Å²) in [7, 11) is 0.